The maximum Gasteiger partial charge on any atom is 0.0355 e. The Bertz CT molecular complexity index is 462. The largest absolute Gasteiger partial charge is 0.398 e. The standard InChI is InChI=1S/C18H31N/c1-16(2,3)12-10-11-13(19)15(18(7,8)9)14(12)17(4,5)6/h10-11H,19H2,1-9H3. The lowest BCUT2D eigenvalue weighted by molar-refractivity contribution is 0.499. The van der Waals surface area contributed by atoms with Crippen LogP contribution in [0.1, 0.15) is 79.0 Å². The summed E-state index contributed by atoms with van der Waals surface area (Å²) in [7, 11) is 0. The minimum absolute atomic E-state index is 0.0634. The van der Waals surface area contributed by atoms with E-state index in [1.54, 1.807) is 0 Å². The molecule has 0 radical (unpaired) electrons. The van der Waals surface area contributed by atoms with Crippen LogP contribution >= 0.6 is 0 Å². The van der Waals surface area contributed by atoms with Crippen LogP contribution in [0.3, 0.4) is 0 Å². The summed E-state index contributed by atoms with van der Waals surface area (Å²) < 4.78 is 0. The van der Waals surface area contributed by atoms with E-state index >= 15 is 0 Å². The highest BCUT2D eigenvalue weighted by Crippen LogP contribution is 2.43. The molecule has 0 aromatic heterocycles. The van der Waals surface area contributed by atoms with Crippen molar-refractivity contribution in [1.29, 1.82) is 0 Å². The van der Waals surface area contributed by atoms with Gasteiger partial charge in [-0.1, -0.05) is 68.4 Å². The van der Waals surface area contributed by atoms with Crippen LogP contribution in [-0.4, -0.2) is 0 Å². The molecule has 2 N–H and O–H groups in total. The molecule has 0 amide bonds. The lowest BCUT2D eigenvalue weighted by Crippen LogP contribution is -2.29. The monoisotopic (exact) mass is 261 g/mol. The molecular weight excluding hydrogens is 230 g/mol. The van der Waals surface area contributed by atoms with Crippen LogP contribution in [0, 0.1) is 0 Å². The quantitative estimate of drug-likeness (QED) is 0.641. The summed E-state index contributed by atoms with van der Waals surface area (Å²) in [6, 6.07) is 4.29. The third-order valence-corrected chi connectivity index (χ3v) is 3.55. The molecular formula is C18H31N. The maximum atomic E-state index is 6.32. The zero-order valence-electron chi connectivity index (χ0n) is 14.2. The molecule has 0 spiro atoms. The number of benzene rings is 1. The Labute approximate surface area is 119 Å². The van der Waals surface area contributed by atoms with Crippen molar-refractivity contribution in [1.82, 2.24) is 0 Å². The number of anilines is 1. The Morgan fingerprint density at radius 2 is 1.05 bits per heavy atom. The van der Waals surface area contributed by atoms with Crippen LogP contribution in [0.15, 0.2) is 12.1 Å². The van der Waals surface area contributed by atoms with Crippen molar-refractivity contribution in [3.63, 3.8) is 0 Å². The third kappa shape index (κ3) is 3.32. The summed E-state index contributed by atoms with van der Waals surface area (Å²) in [5.74, 6) is 0. The summed E-state index contributed by atoms with van der Waals surface area (Å²) >= 11 is 0. The second-order valence-electron chi connectivity index (χ2n) is 8.70. The molecule has 108 valence electrons. The van der Waals surface area contributed by atoms with Crippen molar-refractivity contribution in [3.8, 4) is 0 Å². The van der Waals surface area contributed by atoms with Crippen molar-refractivity contribution in [3.05, 3.63) is 28.8 Å². The number of hydrogen-bond donors (Lipinski definition) is 1. The van der Waals surface area contributed by atoms with Gasteiger partial charge in [-0.3, -0.25) is 0 Å². The molecule has 0 fully saturated rings. The Morgan fingerprint density at radius 1 is 0.632 bits per heavy atom. The van der Waals surface area contributed by atoms with Crippen LogP contribution in [0.2, 0.25) is 0 Å². The van der Waals surface area contributed by atoms with E-state index in [0.29, 0.717) is 0 Å². The summed E-state index contributed by atoms with van der Waals surface area (Å²) in [5, 5.41) is 0. The van der Waals surface area contributed by atoms with E-state index in [1.807, 2.05) is 0 Å². The Kier molecular flexibility index (Phi) is 3.84. The highest BCUT2D eigenvalue weighted by Gasteiger charge is 2.32. The first kappa shape index (κ1) is 16.1. The molecule has 0 aliphatic carbocycles. The molecule has 0 bridgehead atoms. The van der Waals surface area contributed by atoms with Crippen LogP contribution in [-0.2, 0) is 16.2 Å². The highest BCUT2D eigenvalue weighted by atomic mass is 14.6. The fourth-order valence-corrected chi connectivity index (χ4v) is 2.83. The van der Waals surface area contributed by atoms with Gasteiger partial charge in [0.1, 0.15) is 0 Å². The minimum atomic E-state index is 0.0634. The molecule has 0 unspecified atom stereocenters. The molecule has 1 aromatic rings. The van der Waals surface area contributed by atoms with Crippen LogP contribution in [0.5, 0.6) is 0 Å². The molecule has 0 saturated heterocycles. The van der Waals surface area contributed by atoms with Gasteiger partial charge in [-0.05, 0) is 39.0 Å². The van der Waals surface area contributed by atoms with E-state index < -0.39 is 0 Å². The average Bonchev–Trinajstić information content (AvgIpc) is 2.11. The zero-order valence-corrected chi connectivity index (χ0v) is 14.2. The van der Waals surface area contributed by atoms with E-state index in [0.717, 1.165) is 5.69 Å². The van der Waals surface area contributed by atoms with Crippen molar-refractivity contribution in [2.45, 2.75) is 78.6 Å². The molecule has 19 heavy (non-hydrogen) atoms. The van der Waals surface area contributed by atoms with Crippen molar-refractivity contribution < 1.29 is 0 Å². The van der Waals surface area contributed by atoms with Gasteiger partial charge in [-0.25, -0.2) is 0 Å². The topological polar surface area (TPSA) is 26.0 Å². The average molecular weight is 261 g/mol. The van der Waals surface area contributed by atoms with Crippen LogP contribution in [0.4, 0.5) is 5.69 Å². The van der Waals surface area contributed by atoms with Gasteiger partial charge in [0.25, 0.3) is 0 Å². The molecule has 0 aliphatic heterocycles. The molecule has 1 heteroatoms. The van der Waals surface area contributed by atoms with Crippen LogP contribution in [0.25, 0.3) is 0 Å². The minimum Gasteiger partial charge on any atom is -0.398 e. The second kappa shape index (κ2) is 4.54. The predicted molar refractivity (Wildman–Crippen MR) is 87.0 cm³/mol. The number of nitrogens with two attached hydrogens (primary N) is 1. The molecule has 1 rings (SSSR count). The number of hydrogen-bond acceptors (Lipinski definition) is 1. The molecule has 1 nitrogen and oxygen atoms in total. The van der Waals surface area contributed by atoms with Gasteiger partial charge in [0, 0.05) is 5.69 Å². The van der Waals surface area contributed by atoms with Gasteiger partial charge in [0.2, 0.25) is 0 Å². The SMILES string of the molecule is CC(C)(C)c1ccc(N)c(C(C)(C)C)c1C(C)(C)C. The maximum absolute atomic E-state index is 6.32. The molecule has 0 aliphatic rings. The summed E-state index contributed by atoms with van der Waals surface area (Å²) in [6.07, 6.45) is 0. The molecule has 1 aromatic carbocycles. The smallest absolute Gasteiger partial charge is 0.0355 e. The van der Waals surface area contributed by atoms with Gasteiger partial charge in [0.05, 0.1) is 0 Å². The van der Waals surface area contributed by atoms with Gasteiger partial charge >= 0.3 is 0 Å². The predicted octanol–water partition coefficient (Wildman–Crippen LogP) is 5.16. The summed E-state index contributed by atoms with van der Waals surface area (Å²) in [6.45, 7) is 20.4. The Balaban J connectivity index is 3.82. The lowest BCUT2D eigenvalue weighted by atomic mass is 9.68. The normalized spacial score (nSPS) is 13.7. The number of rotatable bonds is 0. The van der Waals surface area contributed by atoms with E-state index in [1.165, 1.54) is 16.7 Å². The van der Waals surface area contributed by atoms with E-state index in [-0.39, 0.29) is 16.2 Å². The van der Waals surface area contributed by atoms with Crippen molar-refractivity contribution in [2.75, 3.05) is 5.73 Å². The molecule has 0 saturated carbocycles. The Morgan fingerprint density at radius 3 is 1.37 bits per heavy atom. The highest BCUT2D eigenvalue weighted by molar-refractivity contribution is 5.60. The third-order valence-electron chi connectivity index (χ3n) is 3.55. The first-order valence-electron chi connectivity index (χ1n) is 7.20. The van der Waals surface area contributed by atoms with Crippen molar-refractivity contribution in [2.24, 2.45) is 0 Å². The van der Waals surface area contributed by atoms with Gasteiger partial charge in [-0.2, -0.15) is 0 Å². The van der Waals surface area contributed by atoms with E-state index in [4.69, 9.17) is 5.73 Å². The van der Waals surface area contributed by atoms with E-state index in [9.17, 15) is 0 Å². The molecule has 0 atom stereocenters. The zero-order chi connectivity index (χ0) is 15.2. The van der Waals surface area contributed by atoms with E-state index in [2.05, 4.69) is 74.4 Å². The summed E-state index contributed by atoms with van der Waals surface area (Å²) in [5.41, 5.74) is 11.7. The number of nitrogen functional groups attached to an aromatic ring is 1. The molecule has 0 heterocycles. The Hall–Kier alpha value is -0.980. The van der Waals surface area contributed by atoms with Crippen molar-refractivity contribution >= 4 is 5.69 Å². The lowest BCUT2D eigenvalue weighted by Gasteiger charge is -2.37. The van der Waals surface area contributed by atoms with Gasteiger partial charge < -0.3 is 5.73 Å². The first-order chi connectivity index (χ1) is 8.26. The summed E-state index contributed by atoms with van der Waals surface area (Å²) in [4.78, 5) is 0. The van der Waals surface area contributed by atoms with Gasteiger partial charge in [-0.15, -0.1) is 0 Å². The van der Waals surface area contributed by atoms with Gasteiger partial charge in [0.15, 0.2) is 0 Å². The first-order valence-corrected chi connectivity index (χ1v) is 7.20. The van der Waals surface area contributed by atoms with Crippen LogP contribution < -0.4 is 5.73 Å². The fraction of sp³-hybridized carbons (Fsp3) is 0.667. The second-order valence-corrected chi connectivity index (χ2v) is 8.70. The fourth-order valence-electron chi connectivity index (χ4n) is 2.83.